The summed E-state index contributed by atoms with van der Waals surface area (Å²) in [5, 5.41) is 0. The monoisotopic (exact) mass is 406 g/mol. The Kier molecular flexibility index (Phi) is 14.5. The van der Waals surface area contributed by atoms with Crippen molar-refractivity contribution in [2.45, 2.75) is 155 Å². The van der Waals surface area contributed by atoms with E-state index >= 15 is 0 Å². The smallest absolute Gasteiger partial charge is 0.0575 e. The van der Waals surface area contributed by atoms with Gasteiger partial charge >= 0.3 is 0 Å². The SMILES string of the molecule is CCCCCCCCCCC1CCC([C@H]2CC[C@H](OCCCCCC)CC2)CC1. The van der Waals surface area contributed by atoms with Crippen LogP contribution in [0.5, 0.6) is 0 Å². The molecule has 0 aromatic heterocycles. The van der Waals surface area contributed by atoms with E-state index in [1.165, 1.54) is 135 Å². The molecule has 1 heteroatoms. The fourth-order valence-corrected chi connectivity index (χ4v) is 6.02. The Balaban J connectivity index is 1.44. The maximum Gasteiger partial charge on any atom is 0.0575 e. The predicted molar refractivity (Wildman–Crippen MR) is 129 cm³/mol. The quantitative estimate of drug-likeness (QED) is 0.232. The van der Waals surface area contributed by atoms with Crippen molar-refractivity contribution in [2.24, 2.45) is 17.8 Å². The minimum atomic E-state index is 0.589. The van der Waals surface area contributed by atoms with E-state index in [0.29, 0.717) is 6.10 Å². The summed E-state index contributed by atoms with van der Waals surface area (Å²) in [6.07, 6.45) is 30.9. The molecule has 0 heterocycles. The van der Waals surface area contributed by atoms with Gasteiger partial charge in [-0.3, -0.25) is 0 Å². The molecule has 0 aromatic carbocycles. The Morgan fingerprint density at radius 3 is 1.59 bits per heavy atom. The van der Waals surface area contributed by atoms with Crippen LogP contribution in [0, 0.1) is 17.8 Å². The zero-order chi connectivity index (χ0) is 20.6. The minimum absolute atomic E-state index is 0.589. The van der Waals surface area contributed by atoms with Crippen LogP contribution in [0.3, 0.4) is 0 Å². The molecule has 2 aliphatic rings. The molecule has 2 rings (SSSR count). The number of unbranched alkanes of at least 4 members (excludes halogenated alkanes) is 10. The molecule has 2 saturated carbocycles. The fraction of sp³-hybridized carbons (Fsp3) is 1.00. The molecule has 2 fully saturated rings. The zero-order valence-corrected chi connectivity index (χ0v) is 20.3. The van der Waals surface area contributed by atoms with Gasteiger partial charge in [0.2, 0.25) is 0 Å². The molecule has 0 atom stereocenters. The molecule has 0 aromatic rings. The summed E-state index contributed by atoms with van der Waals surface area (Å²) in [7, 11) is 0. The van der Waals surface area contributed by atoms with Crippen LogP contribution in [0.15, 0.2) is 0 Å². The van der Waals surface area contributed by atoms with Gasteiger partial charge in [-0.2, -0.15) is 0 Å². The van der Waals surface area contributed by atoms with E-state index in [-0.39, 0.29) is 0 Å². The molecule has 0 radical (unpaired) electrons. The van der Waals surface area contributed by atoms with Gasteiger partial charge in [-0.05, 0) is 62.7 Å². The molecule has 0 N–H and O–H groups in total. The van der Waals surface area contributed by atoms with Gasteiger partial charge in [0.1, 0.15) is 0 Å². The Hall–Kier alpha value is -0.0400. The summed E-state index contributed by atoms with van der Waals surface area (Å²) in [5.74, 6) is 3.14. The van der Waals surface area contributed by atoms with E-state index in [2.05, 4.69) is 13.8 Å². The highest BCUT2D eigenvalue weighted by Gasteiger charge is 2.30. The summed E-state index contributed by atoms with van der Waals surface area (Å²) in [6.45, 7) is 5.61. The lowest BCUT2D eigenvalue weighted by Gasteiger charge is -2.38. The Bertz CT molecular complexity index is 349. The third kappa shape index (κ3) is 11.2. The highest BCUT2D eigenvalue weighted by molar-refractivity contribution is 4.82. The van der Waals surface area contributed by atoms with Gasteiger partial charge < -0.3 is 4.74 Å². The largest absolute Gasteiger partial charge is 0.378 e. The second-order valence-corrected chi connectivity index (χ2v) is 10.5. The van der Waals surface area contributed by atoms with Crippen molar-refractivity contribution < 1.29 is 4.74 Å². The van der Waals surface area contributed by atoms with Gasteiger partial charge in [0.15, 0.2) is 0 Å². The van der Waals surface area contributed by atoms with Gasteiger partial charge in [-0.25, -0.2) is 0 Å². The molecular formula is C28H54O. The maximum atomic E-state index is 6.17. The molecular weight excluding hydrogens is 352 g/mol. The zero-order valence-electron chi connectivity index (χ0n) is 20.3. The summed E-state index contributed by atoms with van der Waals surface area (Å²) in [5.41, 5.74) is 0. The van der Waals surface area contributed by atoms with Crippen LogP contribution >= 0.6 is 0 Å². The van der Waals surface area contributed by atoms with Crippen molar-refractivity contribution in [1.29, 1.82) is 0 Å². The minimum Gasteiger partial charge on any atom is -0.378 e. The van der Waals surface area contributed by atoms with Gasteiger partial charge in [0.25, 0.3) is 0 Å². The molecule has 1 nitrogen and oxygen atoms in total. The first-order chi connectivity index (χ1) is 14.3. The third-order valence-electron chi connectivity index (χ3n) is 8.09. The first kappa shape index (κ1) is 25.2. The van der Waals surface area contributed by atoms with Gasteiger partial charge in [-0.15, -0.1) is 0 Å². The van der Waals surface area contributed by atoms with Crippen molar-refractivity contribution in [3.63, 3.8) is 0 Å². The molecule has 0 saturated heterocycles. The second-order valence-electron chi connectivity index (χ2n) is 10.5. The predicted octanol–water partition coefficient (Wildman–Crippen LogP) is 9.48. The van der Waals surface area contributed by atoms with Crippen molar-refractivity contribution >= 4 is 0 Å². The van der Waals surface area contributed by atoms with E-state index < -0.39 is 0 Å². The molecule has 0 spiro atoms. The van der Waals surface area contributed by atoms with Gasteiger partial charge in [0, 0.05) is 6.61 Å². The van der Waals surface area contributed by atoms with E-state index in [9.17, 15) is 0 Å². The Morgan fingerprint density at radius 2 is 1.00 bits per heavy atom. The first-order valence-electron chi connectivity index (χ1n) is 13.9. The number of hydrogen-bond donors (Lipinski definition) is 0. The van der Waals surface area contributed by atoms with Gasteiger partial charge in [-0.1, -0.05) is 104 Å². The molecule has 172 valence electrons. The summed E-state index contributed by atoms with van der Waals surface area (Å²) in [4.78, 5) is 0. The van der Waals surface area contributed by atoms with Crippen molar-refractivity contribution in [3.05, 3.63) is 0 Å². The topological polar surface area (TPSA) is 9.23 Å². The average molecular weight is 407 g/mol. The van der Waals surface area contributed by atoms with Crippen LogP contribution < -0.4 is 0 Å². The molecule has 0 amide bonds. The van der Waals surface area contributed by atoms with Crippen molar-refractivity contribution in [3.8, 4) is 0 Å². The molecule has 0 aliphatic heterocycles. The number of rotatable bonds is 16. The van der Waals surface area contributed by atoms with E-state index in [0.717, 1.165) is 24.4 Å². The average Bonchev–Trinajstić information content (AvgIpc) is 2.76. The number of ether oxygens (including phenoxy) is 1. The van der Waals surface area contributed by atoms with E-state index in [1.807, 2.05) is 0 Å². The van der Waals surface area contributed by atoms with Crippen LogP contribution in [-0.2, 0) is 4.74 Å². The Labute approximate surface area is 184 Å². The van der Waals surface area contributed by atoms with Crippen molar-refractivity contribution in [1.82, 2.24) is 0 Å². The molecule has 0 unspecified atom stereocenters. The number of hydrogen-bond acceptors (Lipinski definition) is 1. The van der Waals surface area contributed by atoms with Crippen molar-refractivity contribution in [2.75, 3.05) is 6.61 Å². The molecule has 0 bridgehead atoms. The lowest BCUT2D eigenvalue weighted by Crippen LogP contribution is -2.28. The lowest BCUT2D eigenvalue weighted by molar-refractivity contribution is 0.00529. The van der Waals surface area contributed by atoms with Gasteiger partial charge in [0.05, 0.1) is 6.10 Å². The summed E-state index contributed by atoms with van der Waals surface area (Å²) < 4.78 is 6.17. The fourth-order valence-electron chi connectivity index (χ4n) is 6.02. The normalized spacial score (nSPS) is 27.9. The third-order valence-corrected chi connectivity index (χ3v) is 8.09. The maximum absolute atomic E-state index is 6.17. The highest BCUT2D eigenvalue weighted by Crippen LogP contribution is 2.41. The summed E-state index contributed by atoms with van der Waals surface area (Å²) >= 11 is 0. The molecule has 2 aliphatic carbocycles. The lowest BCUT2D eigenvalue weighted by atomic mass is 9.70. The molecule has 29 heavy (non-hydrogen) atoms. The standard InChI is InChI=1S/C28H54O/c1-3-5-7-9-10-11-12-13-15-25-16-18-26(19-17-25)27-20-22-28(23-21-27)29-24-14-8-6-4-2/h25-28H,3-24H2,1-2H3/t25?,26?,27-,28-. The van der Waals surface area contributed by atoms with Crippen LogP contribution in [0.25, 0.3) is 0 Å². The first-order valence-corrected chi connectivity index (χ1v) is 13.9. The second kappa shape index (κ2) is 16.6. The highest BCUT2D eigenvalue weighted by atomic mass is 16.5. The van der Waals surface area contributed by atoms with E-state index in [1.54, 1.807) is 0 Å². The van der Waals surface area contributed by atoms with Crippen LogP contribution in [0.4, 0.5) is 0 Å². The van der Waals surface area contributed by atoms with E-state index in [4.69, 9.17) is 4.74 Å². The summed E-state index contributed by atoms with van der Waals surface area (Å²) in [6, 6.07) is 0. The van der Waals surface area contributed by atoms with Crippen LogP contribution in [0.2, 0.25) is 0 Å². The Morgan fingerprint density at radius 1 is 0.517 bits per heavy atom. The van der Waals surface area contributed by atoms with Crippen LogP contribution in [-0.4, -0.2) is 12.7 Å². The van der Waals surface area contributed by atoms with Crippen LogP contribution in [0.1, 0.15) is 149 Å².